The number of nitrogens with two attached hydrogens (primary N) is 1. The predicted molar refractivity (Wildman–Crippen MR) is 87.5 cm³/mol. The van der Waals surface area contributed by atoms with Gasteiger partial charge in [-0.2, -0.15) is 0 Å². The summed E-state index contributed by atoms with van der Waals surface area (Å²) in [6, 6.07) is 5.82. The molecule has 0 spiro atoms. The zero-order valence-electron chi connectivity index (χ0n) is 12.5. The van der Waals surface area contributed by atoms with E-state index in [0.29, 0.717) is 5.92 Å². The monoisotopic (exact) mass is 303 g/mol. The van der Waals surface area contributed by atoms with E-state index in [9.17, 15) is 4.79 Å². The average molecular weight is 303 g/mol. The second kappa shape index (κ2) is 5.39. The van der Waals surface area contributed by atoms with Gasteiger partial charge in [0.05, 0.1) is 20.8 Å². The Balaban J connectivity index is 1.79. The number of anilines is 1. The molecule has 0 aliphatic heterocycles. The largest absolute Gasteiger partial charge is 0.324 e. The number of carbonyl (C=O) groups is 1. The molecule has 1 heterocycles. The Morgan fingerprint density at radius 1 is 1.52 bits per heavy atom. The average Bonchev–Trinajstić information content (AvgIpc) is 2.77. The highest BCUT2D eigenvalue weighted by Crippen LogP contribution is 2.32. The number of benzene rings is 1. The van der Waals surface area contributed by atoms with Crippen LogP contribution in [0.3, 0.4) is 0 Å². The maximum atomic E-state index is 12.5. The predicted octanol–water partition coefficient (Wildman–Crippen LogP) is 3.45. The normalized spacial score (nSPS) is 26.0. The number of aromatic nitrogens is 1. The van der Waals surface area contributed by atoms with Crippen molar-refractivity contribution in [2.75, 3.05) is 5.32 Å². The molecule has 0 bridgehead atoms. The molecule has 1 saturated carbocycles. The van der Waals surface area contributed by atoms with Crippen LogP contribution in [0, 0.1) is 12.8 Å². The topological polar surface area (TPSA) is 68.0 Å². The molecule has 1 aromatic carbocycles. The molecule has 1 aliphatic rings. The lowest BCUT2D eigenvalue weighted by atomic mass is 9.76. The second-order valence-corrected chi connectivity index (χ2v) is 7.46. The second-order valence-electron chi connectivity index (χ2n) is 6.23. The summed E-state index contributed by atoms with van der Waals surface area (Å²) in [5.41, 5.74) is 7.39. The van der Waals surface area contributed by atoms with Crippen LogP contribution in [0.1, 0.15) is 37.6 Å². The number of hydrogen-bond acceptors (Lipinski definition) is 4. The Morgan fingerprint density at radius 2 is 2.33 bits per heavy atom. The molecule has 2 atom stereocenters. The first-order valence-corrected chi connectivity index (χ1v) is 8.25. The Bertz CT molecular complexity index is 681. The molecule has 2 aromatic rings. The highest BCUT2D eigenvalue weighted by atomic mass is 32.1. The van der Waals surface area contributed by atoms with E-state index in [4.69, 9.17) is 5.73 Å². The van der Waals surface area contributed by atoms with E-state index in [-0.39, 0.29) is 5.91 Å². The van der Waals surface area contributed by atoms with Crippen molar-refractivity contribution in [2.24, 2.45) is 11.7 Å². The SMILES string of the molecule is Cc1nc2ccc(NC(=O)C3(N)CCCC(C)C3)cc2s1. The summed E-state index contributed by atoms with van der Waals surface area (Å²) < 4.78 is 1.09. The minimum absolute atomic E-state index is 0.0605. The minimum Gasteiger partial charge on any atom is -0.324 e. The summed E-state index contributed by atoms with van der Waals surface area (Å²) in [6.45, 7) is 4.15. The van der Waals surface area contributed by atoms with Gasteiger partial charge < -0.3 is 11.1 Å². The number of thiazole rings is 1. The molecule has 0 saturated heterocycles. The van der Waals surface area contributed by atoms with E-state index in [1.54, 1.807) is 11.3 Å². The third-order valence-corrected chi connectivity index (χ3v) is 5.17. The number of hydrogen-bond donors (Lipinski definition) is 2. The third kappa shape index (κ3) is 2.94. The van der Waals surface area contributed by atoms with Crippen molar-refractivity contribution in [2.45, 2.75) is 45.1 Å². The minimum atomic E-state index is -0.726. The molecule has 0 radical (unpaired) electrons. The molecule has 5 heteroatoms. The first-order chi connectivity index (χ1) is 9.96. The van der Waals surface area contributed by atoms with Crippen LogP contribution in [-0.2, 0) is 4.79 Å². The Morgan fingerprint density at radius 3 is 3.10 bits per heavy atom. The fourth-order valence-corrected chi connectivity index (χ4v) is 4.04. The van der Waals surface area contributed by atoms with Crippen LogP contribution >= 0.6 is 11.3 Å². The van der Waals surface area contributed by atoms with E-state index in [2.05, 4.69) is 17.2 Å². The lowest BCUT2D eigenvalue weighted by molar-refractivity contribution is -0.122. The third-order valence-electron chi connectivity index (χ3n) is 4.24. The van der Waals surface area contributed by atoms with Crippen LogP contribution < -0.4 is 11.1 Å². The van der Waals surface area contributed by atoms with Gasteiger partial charge in [0.2, 0.25) is 5.91 Å². The quantitative estimate of drug-likeness (QED) is 0.893. The summed E-state index contributed by atoms with van der Waals surface area (Å²) >= 11 is 1.63. The molecular formula is C16H21N3OS. The van der Waals surface area contributed by atoms with E-state index in [1.807, 2.05) is 25.1 Å². The summed E-state index contributed by atoms with van der Waals surface area (Å²) in [4.78, 5) is 17.0. The van der Waals surface area contributed by atoms with E-state index in [0.717, 1.165) is 40.2 Å². The zero-order valence-corrected chi connectivity index (χ0v) is 13.3. The lowest BCUT2D eigenvalue weighted by Crippen LogP contribution is -2.53. The van der Waals surface area contributed by atoms with Gasteiger partial charge in [0.15, 0.2) is 0 Å². The molecule has 112 valence electrons. The summed E-state index contributed by atoms with van der Waals surface area (Å²) in [6.07, 6.45) is 3.72. The highest BCUT2D eigenvalue weighted by molar-refractivity contribution is 7.18. The summed E-state index contributed by atoms with van der Waals surface area (Å²) in [5.74, 6) is 0.454. The van der Waals surface area contributed by atoms with Crippen LogP contribution in [0.5, 0.6) is 0 Å². The summed E-state index contributed by atoms with van der Waals surface area (Å²) in [7, 11) is 0. The number of fused-ring (bicyclic) bond motifs is 1. The number of amides is 1. The first kappa shape index (κ1) is 14.5. The molecule has 1 aliphatic carbocycles. The van der Waals surface area contributed by atoms with Crippen molar-refractivity contribution in [3.63, 3.8) is 0 Å². The number of carbonyl (C=O) groups excluding carboxylic acids is 1. The smallest absolute Gasteiger partial charge is 0.244 e. The lowest BCUT2D eigenvalue weighted by Gasteiger charge is -2.35. The van der Waals surface area contributed by atoms with Gasteiger partial charge in [-0.15, -0.1) is 11.3 Å². The molecule has 1 aromatic heterocycles. The zero-order chi connectivity index (χ0) is 15.0. The molecule has 4 nitrogen and oxygen atoms in total. The van der Waals surface area contributed by atoms with Gasteiger partial charge in [0.1, 0.15) is 0 Å². The first-order valence-electron chi connectivity index (χ1n) is 7.44. The van der Waals surface area contributed by atoms with Crippen LogP contribution in [0.25, 0.3) is 10.2 Å². The van der Waals surface area contributed by atoms with Crippen molar-refractivity contribution in [1.82, 2.24) is 4.98 Å². The van der Waals surface area contributed by atoms with Crippen LogP contribution in [0.4, 0.5) is 5.69 Å². The maximum Gasteiger partial charge on any atom is 0.244 e. The maximum absolute atomic E-state index is 12.5. The van der Waals surface area contributed by atoms with Crippen LogP contribution in [-0.4, -0.2) is 16.4 Å². The van der Waals surface area contributed by atoms with Gasteiger partial charge in [-0.1, -0.05) is 19.8 Å². The number of aryl methyl sites for hydroxylation is 1. The van der Waals surface area contributed by atoms with Gasteiger partial charge in [0.25, 0.3) is 0 Å². The van der Waals surface area contributed by atoms with Crippen LogP contribution in [0.2, 0.25) is 0 Å². The van der Waals surface area contributed by atoms with E-state index in [1.165, 1.54) is 6.42 Å². The fourth-order valence-electron chi connectivity index (χ4n) is 3.17. The molecular weight excluding hydrogens is 282 g/mol. The standard InChI is InChI=1S/C16H21N3OS/c1-10-4-3-7-16(17,9-10)15(20)19-12-5-6-13-14(8-12)21-11(2)18-13/h5-6,8,10H,3-4,7,9,17H2,1-2H3,(H,19,20). The molecule has 1 amide bonds. The van der Waals surface area contributed by atoms with E-state index < -0.39 is 5.54 Å². The highest BCUT2D eigenvalue weighted by Gasteiger charge is 2.37. The van der Waals surface area contributed by atoms with Crippen molar-refractivity contribution in [3.05, 3.63) is 23.2 Å². The van der Waals surface area contributed by atoms with Gasteiger partial charge >= 0.3 is 0 Å². The van der Waals surface area contributed by atoms with Gasteiger partial charge in [-0.25, -0.2) is 4.98 Å². The molecule has 3 N–H and O–H groups in total. The van der Waals surface area contributed by atoms with Gasteiger partial charge in [-0.3, -0.25) is 4.79 Å². The Kier molecular flexibility index (Phi) is 3.71. The van der Waals surface area contributed by atoms with Crippen molar-refractivity contribution >= 4 is 33.1 Å². The van der Waals surface area contributed by atoms with Gasteiger partial charge in [-0.05, 0) is 43.9 Å². The van der Waals surface area contributed by atoms with Crippen molar-refractivity contribution in [3.8, 4) is 0 Å². The number of rotatable bonds is 2. The molecule has 1 fully saturated rings. The molecule has 2 unspecified atom stereocenters. The van der Waals surface area contributed by atoms with Crippen LogP contribution in [0.15, 0.2) is 18.2 Å². The fraction of sp³-hybridized carbons (Fsp3) is 0.500. The molecule has 3 rings (SSSR count). The Labute approximate surface area is 128 Å². The van der Waals surface area contributed by atoms with Crippen molar-refractivity contribution in [1.29, 1.82) is 0 Å². The summed E-state index contributed by atoms with van der Waals surface area (Å²) in [5, 5.41) is 4.02. The number of nitrogens with one attached hydrogen (secondary N) is 1. The van der Waals surface area contributed by atoms with Gasteiger partial charge in [0, 0.05) is 5.69 Å². The Hall–Kier alpha value is -1.46. The van der Waals surface area contributed by atoms with E-state index >= 15 is 0 Å². The molecule has 21 heavy (non-hydrogen) atoms. The number of nitrogens with zero attached hydrogens (tertiary/aromatic N) is 1. The van der Waals surface area contributed by atoms with Crippen molar-refractivity contribution < 1.29 is 4.79 Å².